The molecule has 0 saturated carbocycles. The van der Waals surface area contributed by atoms with Gasteiger partial charge in [-0.1, -0.05) is 6.07 Å². The number of alkyl halides is 2. The summed E-state index contributed by atoms with van der Waals surface area (Å²) in [4.78, 5) is 0. The molecule has 0 aliphatic heterocycles. The van der Waals surface area contributed by atoms with E-state index in [9.17, 15) is 17.6 Å². The van der Waals surface area contributed by atoms with Crippen LogP contribution in [0, 0.1) is 18.6 Å². The van der Waals surface area contributed by atoms with Crippen molar-refractivity contribution in [2.45, 2.75) is 13.5 Å². The van der Waals surface area contributed by atoms with E-state index < -0.39 is 24.0 Å². The molecule has 3 nitrogen and oxygen atoms in total. The van der Waals surface area contributed by atoms with Crippen molar-refractivity contribution in [2.24, 2.45) is 0 Å². The van der Waals surface area contributed by atoms with Gasteiger partial charge >= 0.3 is 6.61 Å². The third-order valence-electron chi connectivity index (χ3n) is 2.79. The maximum Gasteiger partial charge on any atom is 0.387 e. The van der Waals surface area contributed by atoms with Crippen molar-refractivity contribution in [2.75, 3.05) is 11.1 Å². The van der Waals surface area contributed by atoms with E-state index in [0.717, 1.165) is 12.1 Å². The minimum absolute atomic E-state index is 0.0159. The van der Waals surface area contributed by atoms with Gasteiger partial charge in [0.25, 0.3) is 0 Å². The fraction of sp³-hybridized carbons (Fsp3) is 0.143. The Morgan fingerprint density at radius 2 is 1.81 bits per heavy atom. The van der Waals surface area contributed by atoms with Gasteiger partial charge in [-0.3, -0.25) is 0 Å². The first-order valence-corrected chi connectivity index (χ1v) is 5.94. The second-order valence-electron chi connectivity index (χ2n) is 4.33. The molecule has 2 aromatic rings. The van der Waals surface area contributed by atoms with Crippen LogP contribution in [0.5, 0.6) is 5.75 Å². The van der Waals surface area contributed by atoms with Gasteiger partial charge < -0.3 is 15.8 Å². The van der Waals surface area contributed by atoms with Gasteiger partial charge in [0.15, 0.2) is 11.6 Å². The van der Waals surface area contributed by atoms with Crippen LogP contribution >= 0.6 is 0 Å². The van der Waals surface area contributed by atoms with Crippen LogP contribution in [0.25, 0.3) is 0 Å². The van der Waals surface area contributed by atoms with Crippen LogP contribution in [-0.4, -0.2) is 6.61 Å². The molecule has 0 unspecified atom stereocenters. The highest BCUT2D eigenvalue weighted by molar-refractivity contribution is 5.75. The maximum atomic E-state index is 13.4. The van der Waals surface area contributed by atoms with E-state index in [4.69, 9.17) is 5.73 Å². The van der Waals surface area contributed by atoms with Crippen molar-refractivity contribution in [1.29, 1.82) is 0 Å². The van der Waals surface area contributed by atoms with Crippen LogP contribution in [-0.2, 0) is 0 Å². The smallest absolute Gasteiger partial charge is 0.387 e. The number of benzene rings is 2. The maximum absolute atomic E-state index is 13.4. The summed E-state index contributed by atoms with van der Waals surface area (Å²) in [5, 5.41) is 2.77. The topological polar surface area (TPSA) is 47.3 Å². The molecule has 3 N–H and O–H groups in total. The van der Waals surface area contributed by atoms with Gasteiger partial charge in [-0.2, -0.15) is 8.78 Å². The van der Waals surface area contributed by atoms with E-state index in [1.165, 1.54) is 18.2 Å². The summed E-state index contributed by atoms with van der Waals surface area (Å²) in [5.74, 6) is -2.13. The third-order valence-corrected chi connectivity index (χ3v) is 2.79. The predicted molar refractivity (Wildman–Crippen MR) is 71.9 cm³/mol. The summed E-state index contributed by atoms with van der Waals surface area (Å²) in [7, 11) is 0. The number of hydrogen-bond acceptors (Lipinski definition) is 3. The molecule has 0 aliphatic carbocycles. The number of halogens is 4. The first-order valence-electron chi connectivity index (χ1n) is 5.94. The Balaban J connectivity index is 2.37. The monoisotopic (exact) mass is 300 g/mol. The first-order chi connectivity index (χ1) is 9.86. The molecule has 112 valence electrons. The Morgan fingerprint density at radius 1 is 1.10 bits per heavy atom. The lowest BCUT2D eigenvalue weighted by Crippen LogP contribution is -2.06. The van der Waals surface area contributed by atoms with Crippen molar-refractivity contribution in [1.82, 2.24) is 0 Å². The van der Waals surface area contributed by atoms with Crippen LogP contribution < -0.4 is 15.8 Å². The van der Waals surface area contributed by atoms with Crippen LogP contribution in [0.2, 0.25) is 0 Å². The summed E-state index contributed by atoms with van der Waals surface area (Å²) in [6.07, 6.45) is 0. The fourth-order valence-electron chi connectivity index (χ4n) is 1.74. The summed E-state index contributed by atoms with van der Waals surface area (Å²) in [6, 6.07) is 5.88. The second kappa shape index (κ2) is 5.90. The Morgan fingerprint density at radius 3 is 2.48 bits per heavy atom. The highest BCUT2D eigenvalue weighted by Crippen LogP contribution is 2.32. The van der Waals surface area contributed by atoms with Crippen molar-refractivity contribution in [3.05, 3.63) is 47.5 Å². The molecule has 0 spiro atoms. The molecular weight excluding hydrogens is 288 g/mol. The van der Waals surface area contributed by atoms with E-state index >= 15 is 0 Å². The number of nitrogens with one attached hydrogen (secondary N) is 1. The number of nitrogens with two attached hydrogens (primary N) is 1. The van der Waals surface area contributed by atoms with Crippen LogP contribution in [0.4, 0.5) is 34.6 Å². The lowest BCUT2D eigenvalue weighted by molar-refractivity contribution is -0.0521. The van der Waals surface area contributed by atoms with Gasteiger partial charge in [0.05, 0.1) is 11.4 Å². The normalized spacial score (nSPS) is 10.8. The van der Waals surface area contributed by atoms with E-state index in [2.05, 4.69) is 10.1 Å². The van der Waals surface area contributed by atoms with Gasteiger partial charge in [0.2, 0.25) is 0 Å². The fourth-order valence-corrected chi connectivity index (χ4v) is 1.74. The Kier molecular flexibility index (Phi) is 4.21. The molecule has 21 heavy (non-hydrogen) atoms. The molecule has 7 heteroatoms. The number of hydrogen-bond donors (Lipinski definition) is 2. The second-order valence-corrected chi connectivity index (χ2v) is 4.33. The average Bonchev–Trinajstić information content (AvgIpc) is 2.39. The zero-order valence-electron chi connectivity index (χ0n) is 11.0. The quantitative estimate of drug-likeness (QED) is 0.657. The molecule has 0 aromatic heterocycles. The lowest BCUT2D eigenvalue weighted by atomic mass is 10.1. The first kappa shape index (κ1) is 15.0. The highest BCUT2D eigenvalue weighted by atomic mass is 19.3. The summed E-state index contributed by atoms with van der Waals surface area (Å²) in [5.41, 5.74) is 6.83. The third kappa shape index (κ3) is 3.56. The zero-order chi connectivity index (χ0) is 15.6. The number of aryl methyl sites for hydroxylation is 1. The number of rotatable bonds is 4. The van der Waals surface area contributed by atoms with Crippen molar-refractivity contribution in [3.8, 4) is 5.75 Å². The van der Waals surface area contributed by atoms with Crippen LogP contribution in [0.1, 0.15) is 5.56 Å². The standard InChI is InChI=1S/C14H12F4N2O/c1-7-2-3-8(15)4-11(7)20-12-6-13(21-14(17)18)9(16)5-10(12)19/h2-6,14,20H,19H2,1H3. The molecule has 0 aliphatic rings. The molecule has 0 heterocycles. The average molecular weight is 300 g/mol. The number of anilines is 3. The molecular formula is C14H12F4N2O. The van der Waals surface area contributed by atoms with E-state index in [1.807, 2.05) is 0 Å². The summed E-state index contributed by atoms with van der Waals surface area (Å²) in [6.45, 7) is -1.44. The molecule has 2 aromatic carbocycles. The number of ether oxygens (including phenoxy) is 1. The van der Waals surface area contributed by atoms with Crippen LogP contribution in [0.15, 0.2) is 30.3 Å². The number of nitrogen functional groups attached to an aromatic ring is 1. The predicted octanol–water partition coefficient (Wildman–Crippen LogP) is 4.20. The molecule has 0 atom stereocenters. The molecule has 0 saturated heterocycles. The van der Waals surface area contributed by atoms with Gasteiger partial charge in [0, 0.05) is 17.8 Å². The molecule has 0 bridgehead atoms. The van der Waals surface area contributed by atoms with E-state index in [-0.39, 0.29) is 11.4 Å². The van der Waals surface area contributed by atoms with Gasteiger partial charge in [-0.05, 0) is 24.6 Å². The Labute approximate surface area is 118 Å². The van der Waals surface area contributed by atoms with Crippen molar-refractivity contribution < 1.29 is 22.3 Å². The molecule has 0 amide bonds. The molecule has 0 radical (unpaired) electrons. The summed E-state index contributed by atoms with van der Waals surface area (Å²) >= 11 is 0. The minimum atomic E-state index is -3.16. The van der Waals surface area contributed by atoms with Gasteiger partial charge in [0.1, 0.15) is 5.82 Å². The highest BCUT2D eigenvalue weighted by Gasteiger charge is 2.14. The lowest BCUT2D eigenvalue weighted by Gasteiger charge is -2.14. The van der Waals surface area contributed by atoms with Crippen LogP contribution in [0.3, 0.4) is 0 Å². The Hall–Kier alpha value is -2.44. The molecule has 0 fully saturated rings. The minimum Gasteiger partial charge on any atom is -0.432 e. The zero-order valence-corrected chi connectivity index (χ0v) is 11.0. The SMILES string of the molecule is Cc1ccc(F)cc1Nc1cc(OC(F)F)c(F)cc1N. The summed E-state index contributed by atoms with van der Waals surface area (Å²) < 4.78 is 55.1. The van der Waals surface area contributed by atoms with Crippen molar-refractivity contribution >= 4 is 17.1 Å². The van der Waals surface area contributed by atoms with E-state index in [1.54, 1.807) is 6.92 Å². The molecule has 2 rings (SSSR count). The largest absolute Gasteiger partial charge is 0.432 e. The van der Waals surface area contributed by atoms with E-state index in [0.29, 0.717) is 11.3 Å². The van der Waals surface area contributed by atoms with Gasteiger partial charge in [-0.15, -0.1) is 0 Å². The Bertz CT molecular complexity index is 662. The van der Waals surface area contributed by atoms with Crippen molar-refractivity contribution in [3.63, 3.8) is 0 Å². The van der Waals surface area contributed by atoms with Gasteiger partial charge in [-0.25, -0.2) is 8.78 Å².